The summed E-state index contributed by atoms with van der Waals surface area (Å²) in [5, 5.41) is 3.46. The van der Waals surface area contributed by atoms with Gasteiger partial charge in [-0.05, 0) is 55.7 Å². The summed E-state index contributed by atoms with van der Waals surface area (Å²) in [5.74, 6) is 3.10. The van der Waals surface area contributed by atoms with E-state index in [1.54, 1.807) is 0 Å². The molecule has 118 valence electrons. The third kappa shape index (κ3) is 4.00. The van der Waals surface area contributed by atoms with Crippen molar-refractivity contribution in [3.05, 3.63) is 29.8 Å². The molecule has 2 heteroatoms. The van der Waals surface area contributed by atoms with Crippen LogP contribution in [0.4, 0.5) is 0 Å². The summed E-state index contributed by atoms with van der Waals surface area (Å²) in [4.78, 5) is 0. The molecule has 1 saturated carbocycles. The van der Waals surface area contributed by atoms with Gasteiger partial charge in [-0.15, -0.1) is 0 Å². The van der Waals surface area contributed by atoms with Crippen LogP contribution in [0, 0.1) is 11.8 Å². The molecule has 0 saturated heterocycles. The third-order valence-electron chi connectivity index (χ3n) is 4.97. The van der Waals surface area contributed by atoms with Crippen LogP contribution in [0.1, 0.15) is 58.4 Å². The number of hydrogen-bond donors (Lipinski definition) is 1. The molecular formula is C19H31NO. The lowest BCUT2D eigenvalue weighted by molar-refractivity contribution is 0.0740. The summed E-state index contributed by atoms with van der Waals surface area (Å²) in [5.41, 5.74) is 1.32. The molecule has 1 N–H and O–H groups in total. The Morgan fingerprint density at radius 3 is 2.43 bits per heavy atom. The van der Waals surface area contributed by atoms with Gasteiger partial charge in [-0.1, -0.05) is 45.9 Å². The van der Waals surface area contributed by atoms with Crippen molar-refractivity contribution in [2.45, 2.75) is 65.0 Å². The Bertz CT molecular complexity index is 441. The Morgan fingerprint density at radius 2 is 1.81 bits per heavy atom. The molecule has 3 unspecified atom stereocenters. The lowest BCUT2D eigenvalue weighted by Gasteiger charge is -2.38. The van der Waals surface area contributed by atoms with Gasteiger partial charge >= 0.3 is 0 Å². The third-order valence-corrected chi connectivity index (χ3v) is 4.97. The maximum Gasteiger partial charge on any atom is 0.123 e. The summed E-state index contributed by atoms with van der Waals surface area (Å²) < 4.78 is 6.47. The van der Waals surface area contributed by atoms with Crippen molar-refractivity contribution in [3.8, 4) is 5.75 Å². The number of rotatable bonds is 5. The number of para-hydroxylation sites is 1. The fourth-order valence-corrected chi connectivity index (χ4v) is 3.45. The molecule has 0 bridgehead atoms. The second-order valence-electron chi connectivity index (χ2n) is 7.06. The maximum absolute atomic E-state index is 6.47. The van der Waals surface area contributed by atoms with Gasteiger partial charge in [-0.25, -0.2) is 0 Å². The van der Waals surface area contributed by atoms with E-state index in [1.807, 2.05) is 0 Å². The Morgan fingerprint density at radius 1 is 1.10 bits per heavy atom. The normalized spacial score (nSPS) is 26.3. The molecule has 21 heavy (non-hydrogen) atoms. The molecule has 1 fully saturated rings. The van der Waals surface area contributed by atoms with Crippen LogP contribution in [-0.2, 0) is 0 Å². The predicted molar refractivity (Wildman–Crippen MR) is 90.0 cm³/mol. The molecule has 1 aliphatic carbocycles. The SMILES string of the molecule is CNC1CCC(C(C)C)CC1Oc1ccccc1C(C)C. The standard InChI is InChI=1S/C19H31NO/c1-13(2)15-10-11-17(20-5)19(12-15)21-18-9-7-6-8-16(18)14(3)4/h6-9,13-15,17,19-20H,10-12H2,1-5H3. The molecule has 1 aliphatic rings. The number of hydrogen-bond acceptors (Lipinski definition) is 2. The van der Waals surface area contributed by atoms with Crippen molar-refractivity contribution >= 4 is 0 Å². The van der Waals surface area contributed by atoms with E-state index in [0.717, 1.165) is 24.0 Å². The van der Waals surface area contributed by atoms with Gasteiger partial charge in [0.15, 0.2) is 0 Å². The van der Waals surface area contributed by atoms with Crippen molar-refractivity contribution in [2.75, 3.05) is 7.05 Å². The molecule has 1 aromatic carbocycles. The van der Waals surface area contributed by atoms with Crippen molar-refractivity contribution in [1.29, 1.82) is 0 Å². The highest BCUT2D eigenvalue weighted by molar-refractivity contribution is 5.35. The lowest BCUT2D eigenvalue weighted by Crippen LogP contribution is -2.46. The van der Waals surface area contributed by atoms with Gasteiger partial charge in [0.05, 0.1) is 0 Å². The second kappa shape index (κ2) is 7.31. The van der Waals surface area contributed by atoms with E-state index in [0.29, 0.717) is 12.0 Å². The van der Waals surface area contributed by atoms with E-state index >= 15 is 0 Å². The van der Waals surface area contributed by atoms with Crippen LogP contribution in [0.25, 0.3) is 0 Å². The Labute approximate surface area is 130 Å². The zero-order chi connectivity index (χ0) is 15.4. The minimum Gasteiger partial charge on any atom is -0.489 e. The molecule has 2 rings (SSSR count). The van der Waals surface area contributed by atoms with Crippen LogP contribution >= 0.6 is 0 Å². The van der Waals surface area contributed by atoms with Gasteiger partial charge < -0.3 is 10.1 Å². The topological polar surface area (TPSA) is 21.3 Å². The quantitative estimate of drug-likeness (QED) is 0.855. The molecule has 0 aromatic heterocycles. The molecule has 0 radical (unpaired) electrons. The number of benzene rings is 1. The Balaban J connectivity index is 2.15. The van der Waals surface area contributed by atoms with E-state index in [2.05, 4.69) is 64.3 Å². The van der Waals surface area contributed by atoms with Crippen molar-refractivity contribution in [1.82, 2.24) is 5.32 Å². The minimum absolute atomic E-state index is 0.288. The van der Waals surface area contributed by atoms with Gasteiger partial charge in [-0.2, -0.15) is 0 Å². The smallest absolute Gasteiger partial charge is 0.123 e. The maximum atomic E-state index is 6.47. The molecule has 0 amide bonds. The lowest BCUT2D eigenvalue weighted by atomic mass is 9.78. The van der Waals surface area contributed by atoms with Crippen molar-refractivity contribution in [2.24, 2.45) is 11.8 Å². The monoisotopic (exact) mass is 289 g/mol. The van der Waals surface area contributed by atoms with E-state index in [9.17, 15) is 0 Å². The molecule has 2 nitrogen and oxygen atoms in total. The van der Waals surface area contributed by atoms with Gasteiger partial charge in [0.1, 0.15) is 11.9 Å². The van der Waals surface area contributed by atoms with Gasteiger partial charge in [-0.3, -0.25) is 0 Å². The first-order chi connectivity index (χ1) is 10.0. The average molecular weight is 289 g/mol. The van der Waals surface area contributed by atoms with Gasteiger partial charge in [0.2, 0.25) is 0 Å². The highest BCUT2D eigenvalue weighted by Gasteiger charge is 2.32. The summed E-state index contributed by atoms with van der Waals surface area (Å²) in [6.07, 6.45) is 3.98. The largest absolute Gasteiger partial charge is 0.489 e. The summed E-state index contributed by atoms with van der Waals surface area (Å²) in [6.45, 7) is 9.14. The Hall–Kier alpha value is -1.02. The van der Waals surface area contributed by atoms with Crippen molar-refractivity contribution in [3.63, 3.8) is 0 Å². The highest BCUT2D eigenvalue weighted by Crippen LogP contribution is 2.34. The zero-order valence-corrected chi connectivity index (χ0v) is 14.2. The molecule has 0 aliphatic heterocycles. The molecule has 3 atom stereocenters. The molecule has 0 heterocycles. The summed E-state index contributed by atoms with van der Waals surface area (Å²) in [6, 6.07) is 8.98. The molecule has 1 aromatic rings. The molecule has 0 spiro atoms. The van der Waals surface area contributed by atoms with E-state index in [-0.39, 0.29) is 6.10 Å². The van der Waals surface area contributed by atoms with Crippen LogP contribution in [-0.4, -0.2) is 19.2 Å². The summed E-state index contributed by atoms with van der Waals surface area (Å²) >= 11 is 0. The van der Waals surface area contributed by atoms with E-state index in [4.69, 9.17) is 4.74 Å². The fraction of sp³-hybridized carbons (Fsp3) is 0.684. The second-order valence-corrected chi connectivity index (χ2v) is 7.06. The zero-order valence-electron chi connectivity index (χ0n) is 14.2. The predicted octanol–water partition coefficient (Wildman–Crippen LogP) is 4.60. The van der Waals surface area contributed by atoms with Crippen molar-refractivity contribution < 1.29 is 4.74 Å². The first-order valence-electron chi connectivity index (χ1n) is 8.45. The van der Waals surface area contributed by atoms with Crippen LogP contribution in [0.5, 0.6) is 5.75 Å². The summed E-state index contributed by atoms with van der Waals surface area (Å²) in [7, 11) is 2.06. The fourth-order valence-electron chi connectivity index (χ4n) is 3.45. The van der Waals surface area contributed by atoms with Crippen LogP contribution in [0.15, 0.2) is 24.3 Å². The number of likely N-dealkylation sites (N-methyl/N-ethyl adjacent to an activating group) is 1. The van der Waals surface area contributed by atoms with Gasteiger partial charge in [0, 0.05) is 6.04 Å². The van der Waals surface area contributed by atoms with Gasteiger partial charge in [0.25, 0.3) is 0 Å². The number of ether oxygens (including phenoxy) is 1. The Kier molecular flexibility index (Phi) is 5.69. The average Bonchev–Trinajstić information content (AvgIpc) is 2.47. The van der Waals surface area contributed by atoms with E-state index < -0.39 is 0 Å². The minimum atomic E-state index is 0.288. The first kappa shape index (κ1) is 16.4. The van der Waals surface area contributed by atoms with E-state index in [1.165, 1.54) is 18.4 Å². The van der Waals surface area contributed by atoms with Crippen LogP contribution in [0.3, 0.4) is 0 Å². The van der Waals surface area contributed by atoms with Crippen LogP contribution in [0.2, 0.25) is 0 Å². The first-order valence-corrected chi connectivity index (χ1v) is 8.45. The number of nitrogens with one attached hydrogen (secondary N) is 1. The highest BCUT2D eigenvalue weighted by atomic mass is 16.5. The van der Waals surface area contributed by atoms with Crippen LogP contribution < -0.4 is 10.1 Å². The molecular weight excluding hydrogens is 258 g/mol.